The summed E-state index contributed by atoms with van der Waals surface area (Å²) < 4.78 is 78.8. The lowest BCUT2D eigenvalue weighted by Gasteiger charge is -2.12. The molecule has 1 aliphatic carbocycles. The van der Waals surface area contributed by atoms with Gasteiger partial charge in [-0.2, -0.15) is 13.2 Å². The third-order valence-electron chi connectivity index (χ3n) is 5.84. The Balaban J connectivity index is 1.53. The highest BCUT2D eigenvalue weighted by Crippen LogP contribution is 2.65. The highest BCUT2D eigenvalue weighted by molar-refractivity contribution is 6.53. The molecule has 0 aromatic heterocycles. The van der Waals surface area contributed by atoms with E-state index in [2.05, 4.69) is 10.6 Å². The molecule has 4 N–H and O–H groups in total. The number of amides is 2. The van der Waals surface area contributed by atoms with Crippen molar-refractivity contribution in [1.29, 1.82) is 0 Å². The number of benzene rings is 3. The molecule has 0 aliphatic heterocycles. The maximum absolute atomic E-state index is 14.2. The van der Waals surface area contributed by atoms with Gasteiger partial charge in [0.05, 0.1) is 27.8 Å². The molecule has 5 nitrogen and oxygen atoms in total. The van der Waals surface area contributed by atoms with Gasteiger partial charge in [-0.15, -0.1) is 23.2 Å². The summed E-state index contributed by atoms with van der Waals surface area (Å²) in [7, 11) is 0. The molecule has 1 fully saturated rings. The Morgan fingerprint density at radius 1 is 0.921 bits per heavy atom. The van der Waals surface area contributed by atoms with Gasteiger partial charge < -0.3 is 16.4 Å². The number of hydrogen-bond acceptors (Lipinski definition) is 3. The van der Waals surface area contributed by atoms with Crippen LogP contribution in [0.4, 0.5) is 43.4 Å². The fraction of sp³-hybridized carbons (Fsp3) is 0.167. The van der Waals surface area contributed by atoms with E-state index in [4.69, 9.17) is 40.5 Å². The summed E-state index contributed by atoms with van der Waals surface area (Å²) in [4.78, 5) is 25.6. The minimum Gasteiger partial charge on any atom is -0.394 e. The SMILES string of the molecule is Nc1c(F)ccc(NC(=O)c2cc(NC(=O)C3C(c4ccc(F)c(C(F)(F)F)c4)C3(Cl)Cl)ccc2Cl)c1F. The highest BCUT2D eigenvalue weighted by atomic mass is 35.5. The van der Waals surface area contributed by atoms with E-state index in [0.717, 1.165) is 24.3 Å². The molecule has 0 bridgehead atoms. The number of carbonyl (C=O) groups excluding carboxylic acids is 2. The molecule has 0 spiro atoms. The van der Waals surface area contributed by atoms with E-state index < -0.39 is 68.5 Å². The topological polar surface area (TPSA) is 84.2 Å². The van der Waals surface area contributed by atoms with Crippen molar-refractivity contribution in [3.8, 4) is 0 Å². The molecule has 0 radical (unpaired) electrons. The van der Waals surface area contributed by atoms with Crippen molar-refractivity contribution >= 4 is 63.7 Å². The molecule has 2 unspecified atom stereocenters. The van der Waals surface area contributed by atoms with Gasteiger partial charge >= 0.3 is 6.18 Å². The van der Waals surface area contributed by atoms with Gasteiger partial charge in [0.1, 0.15) is 21.7 Å². The summed E-state index contributed by atoms with van der Waals surface area (Å²) in [6, 6.07) is 7.70. The number of rotatable bonds is 5. The number of halogens is 9. The van der Waals surface area contributed by atoms with E-state index in [-0.39, 0.29) is 21.8 Å². The summed E-state index contributed by atoms with van der Waals surface area (Å²) in [6.07, 6.45) is -4.98. The normalized spacial score (nSPS) is 18.1. The van der Waals surface area contributed by atoms with Crippen LogP contribution in [0.2, 0.25) is 5.02 Å². The largest absolute Gasteiger partial charge is 0.419 e. The average molecular weight is 597 g/mol. The summed E-state index contributed by atoms with van der Waals surface area (Å²) in [5, 5.41) is 4.55. The van der Waals surface area contributed by atoms with Gasteiger partial charge in [0.25, 0.3) is 5.91 Å². The maximum atomic E-state index is 14.2. The van der Waals surface area contributed by atoms with Crippen LogP contribution >= 0.6 is 34.8 Å². The fourth-order valence-corrected chi connectivity index (χ4v) is 4.91. The van der Waals surface area contributed by atoms with Crippen LogP contribution in [0.1, 0.15) is 27.4 Å². The van der Waals surface area contributed by atoms with Crippen molar-refractivity contribution in [1.82, 2.24) is 0 Å². The molecule has 3 aromatic carbocycles. The number of carbonyl (C=O) groups is 2. The van der Waals surface area contributed by atoms with E-state index >= 15 is 0 Å². The Hall–Kier alpha value is -3.15. The standard InChI is InChI=1S/C24H14Cl3F6N3O2/c25-13-3-2-10(8-11(13)21(37)36-16-6-5-15(29)20(34)19(16)30)35-22(38)18-17(23(18,26)27)9-1-4-14(28)12(7-9)24(31,32)33/h1-8,17-18H,34H2,(H,35,38)(H,36,37). The number of hydrogen-bond donors (Lipinski definition) is 3. The van der Waals surface area contributed by atoms with Gasteiger partial charge in [0.15, 0.2) is 5.82 Å². The molecule has 2 amide bonds. The van der Waals surface area contributed by atoms with Crippen LogP contribution in [-0.2, 0) is 11.0 Å². The highest BCUT2D eigenvalue weighted by Gasteiger charge is 2.67. The van der Waals surface area contributed by atoms with Gasteiger partial charge in [-0.25, -0.2) is 13.2 Å². The zero-order valence-electron chi connectivity index (χ0n) is 18.6. The summed E-state index contributed by atoms with van der Waals surface area (Å²) in [5.41, 5.74) is 2.24. The number of nitrogens with one attached hydrogen (secondary N) is 2. The lowest BCUT2D eigenvalue weighted by molar-refractivity contribution is -0.140. The molecular weight excluding hydrogens is 583 g/mol. The third kappa shape index (κ3) is 5.23. The molecule has 0 saturated heterocycles. The fourth-order valence-electron chi connectivity index (χ4n) is 3.87. The van der Waals surface area contributed by atoms with Crippen molar-refractivity contribution in [2.45, 2.75) is 16.4 Å². The first-order valence-electron chi connectivity index (χ1n) is 10.5. The smallest absolute Gasteiger partial charge is 0.394 e. The van der Waals surface area contributed by atoms with Crippen LogP contribution in [0.15, 0.2) is 48.5 Å². The molecule has 14 heteroatoms. The summed E-state index contributed by atoms with van der Waals surface area (Å²) in [6.45, 7) is 0. The predicted octanol–water partition coefficient (Wildman–Crippen LogP) is 7.14. The van der Waals surface area contributed by atoms with E-state index in [1.165, 1.54) is 12.1 Å². The first-order valence-corrected chi connectivity index (χ1v) is 11.7. The number of nitrogen functional groups attached to an aromatic ring is 1. The van der Waals surface area contributed by atoms with Crippen molar-refractivity contribution in [2.24, 2.45) is 5.92 Å². The van der Waals surface area contributed by atoms with Crippen molar-refractivity contribution in [3.05, 3.63) is 87.7 Å². The lowest BCUT2D eigenvalue weighted by atomic mass is 10.0. The van der Waals surface area contributed by atoms with Crippen LogP contribution in [0.25, 0.3) is 0 Å². The summed E-state index contributed by atoms with van der Waals surface area (Å²) >= 11 is 18.4. The summed E-state index contributed by atoms with van der Waals surface area (Å²) in [5.74, 6) is -7.75. The average Bonchev–Trinajstić information content (AvgIpc) is 3.42. The Morgan fingerprint density at radius 3 is 2.24 bits per heavy atom. The molecule has 3 aromatic rings. The van der Waals surface area contributed by atoms with Crippen molar-refractivity contribution < 1.29 is 35.9 Å². The van der Waals surface area contributed by atoms with Crippen LogP contribution in [0.3, 0.4) is 0 Å². The van der Waals surface area contributed by atoms with Crippen LogP contribution in [-0.4, -0.2) is 16.1 Å². The first-order chi connectivity index (χ1) is 17.6. The molecular formula is C24H14Cl3F6N3O2. The second-order valence-corrected chi connectivity index (χ2v) is 10.2. The molecule has 200 valence electrons. The molecule has 38 heavy (non-hydrogen) atoms. The molecule has 2 atom stereocenters. The second-order valence-electron chi connectivity index (χ2n) is 8.33. The Kier molecular flexibility index (Phi) is 7.24. The molecule has 0 heterocycles. The Morgan fingerprint density at radius 2 is 1.58 bits per heavy atom. The van der Waals surface area contributed by atoms with Gasteiger partial charge in [0, 0.05) is 11.6 Å². The first kappa shape index (κ1) is 27.9. The van der Waals surface area contributed by atoms with Crippen LogP contribution in [0.5, 0.6) is 0 Å². The monoisotopic (exact) mass is 595 g/mol. The number of anilines is 3. The molecule has 1 saturated carbocycles. The maximum Gasteiger partial charge on any atom is 0.419 e. The quantitative estimate of drug-likeness (QED) is 0.166. The minimum atomic E-state index is -4.98. The second kappa shape index (κ2) is 9.87. The predicted molar refractivity (Wildman–Crippen MR) is 131 cm³/mol. The number of alkyl halides is 5. The van der Waals surface area contributed by atoms with E-state index in [1.54, 1.807) is 0 Å². The zero-order valence-corrected chi connectivity index (χ0v) is 20.8. The van der Waals surface area contributed by atoms with Gasteiger partial charge in [0.2, 0.25) is 5.91 Å². The van der Waals surface area contributed by atoms with Gasteiger partial charge in [-0.05, 0) is 48.0 Å². The van der Waals surface area contributed by atoms with E-state index in [0.29, 0.717) is 12.1 Å². The number of nitrogens with two attached hydrogens (primary N) is 1. The zero-order chi connectivity index (χ0) is 28.2. The Bertz CT molecular complexity index is 1470. The van der Waals surface area contributed by atoms with Crippen LogP contribution < -0.4 is 16.4 Å². The van der Waals surface area contributed by atoms with Gasteiger partial charge in [-0.3, -0.25) is 9.59 Å². The minimum absolute atomic E-state index is 0.0218. The molecule has 4 rings (SSSR count). The van der Waals surface area contributed by atoms with Gasteiger partial charge in [-0.1, -0.05) is 17.7 Å². The Labute approximate surface area is 225 Å². The molecule has 1 aliphatic rings. The van der Waals surface area contributed by atoms with Crippen LogP contribution in [0, 0.1) is 23.4 Å². The third-order valence-corrected chi connectivity index (χ3v) is 7.11. The van der Waals surface area contributed by atoms with Crippen molar-refractivity contribution in [3.63, 3.8) is 0 Å². The van der Waals surface area contributed by atoms with E-state index in [9.17, 15) is 35.9 Å². The lowest BCUT2D eigenvalue weighted by Crippen LogP contribution is -2.18. The van der Waals surface area contributed by atoms with Crippen molar-refractivity contribution in [2.75, 3.05) is 16.4 Å². The van der Waals surface area contributed by atoms with E-state index in [1.807, 2.05) is 0 Å².